The molecule has 1 amide bonds. The van der Waals surface area contributed by atoms with Gasteiger partial charge in [0.15, 0.2) is 0 Å². The summed E-state index contributed by atoms with van der Waals surface area (Å²) >= 11 is 0. The lowest BCUT2D eigenvalue weighted by atomic mass is 9.96. The summed E-state index contributed by atoms with van der Waals surface area (Å²) in [5, 5.41) is 17.3. The molecule has 0 aliphatic carbocycles. The first-order valence-corrected chi connectivity index (χ1v) is 15.9. The summed E-state index contributed by atoms with van der Waals surface area (Å²) in [7, 11) is -2.83. The van der Waals surface area contributed by atoms with E-state index in [1.807, 2.05) is 62.4 Å². The Morgan fingerprint density at radius 2 is 1.63 bits per heavy atom. The maximum Gasteiger partial charge on any atom is 0.294 e. The lowest BCUT2D eigenvalue weighted by Gasteiger charge is -2.15. The molecule has 1 heterocycles. The van der Waals surface area contributed by atoms with Gasteiger partial charge in [-0.25, -0.2) is 0 Å². The van der Waals surface area contributed by atoms with Crippen LogP contribution < -0.4 is 10.1 Å². The van der Waals surface area contributed by atoms with E-state index in [0.29, 0.717) is 39.3 Å². The molecular formula is C36H28N4O5S. The lowest BCUT2D eigenvalue weighted by molar-refractivity contribution is 0.102. The summed E-state index contributed by atoms with van der Waals surface area (Å²) < 4.78 is 38.8. The number of nitrogens with zero attached hydrogens (tertiary/aromatic N) is 2. The quantitative estimate of drug-likeness (QED) is 0.125. The molecule has 0 fully saturated rings. The van der Waals surface area contributed by atoms with Gasteiger partial charge < -0.3 is 15.0 Å². The van der Waals surface area contributed by atoms with E-state index >= 15 is 0 Å². The zero-order chi connectivity index (χ0) is 32.2. The van der Waals surface area contributed by atoms with Gasteiger partial charge in [0.1, 0.15) is 5.75 Å². The number of carbonyl (C=O) groups excluding carboxylic acids is 1. The van der Waals surface area contributed by atoms with Crippen LogP contribution >= 0.6 is 0 Å². The summed E-state index contributed by atoms with van der Waals surface area (Å²) in [5.41, 5.74) is 5.28. The molecule has 7 aromatic rings. The van der Waals surface area contributed by atoms with Gasteiger partial charge >= 0.3 is 0 Å². The summed E-state index contributed by atoms with van der Waals surface area (Å²) in [6.45, 7) is 3.74. The second-order valence-corrected chi connectivity index (χ2v) is 12.5. The molecule has 228 valence electrons. The third kappa shape index (κ3) is 5.03. The van der Waals surface area contributed by atoms with Gasteiger partial charge in [0.25, 0.3) is 16.0 Å². The number of benzene rings is 6. The third-order valence-corrected chi connectivity index (χ3v) is 9.17. The Labute approximate surface area is 264 Å². The van der Waals surface area contributed by atoms with Crippen molar-refractivity contribution >= 4 is 76.4 Å². The fourth-order valence-corrected chi connectivity index (χ4v) is 6.44. The van der Waals surface area contributed by atoms with E-state index in [4.69, 9.17) is 9.85 Å². The Balaban J connectivity index is 1.44. The first-order valence-electron chi connectivity index (χ1n) is 14.5. The van der Waals surface area contributed by atoms with Crippen LogP contribution in [0.3, 0.4) is 0 Å². The highest BCUT2D eigenvalue weighted by Gasteiger charge is 2.20. The number of fused-ring (bicyclic) bond motifs is 6. The topological polar surface area (TPSA) is 133 Å². The lowest BCUT2D eigenvalue weighted by Crippen LogP contribution is -2.14. The molecule has 7 rings (SSSR count). The number of aromatic nitrogens is 1. The first kappa shape index (κ1) is 29.1. The number of amides is 1. The number of rotatable bonds is 6. The minimum atomic E-state index is -4.43. The maximum absolute atomic E-state index is 13.8. The van der Waals surface area contributed by atoms with E-state index in [1.165, 1.54) is 12.1 Å². The van der Waals surface area contributed by atoms with Gasteiger partial charge in [-0.3, -0.25) is 9.35 Å². The Kier molecular flexibility index (Phi) is 7.03. The fraction of sp³-hybridized carbons (Fsp3) is 0.0833. The molecule has 0 aliphatic heterocycles. The van der Waals surface area contributed by atoms with Crippen molar-refractivity contribution in [2.24, 2.45) is 10.2 Å². The number of methoxy groups -OCH3 is 1. The van der Waals surface area contributed by atoms with Crippen molar-refractivity contribution in [3.8, 4) is 5.75 Å². The van der Waals surface area contributed by atoms with Crippen LogP contribution in [0.4, 0.5) is 17.1 Å². The minimum absolute atomic E-state index is 0.239. The zero-order valence-electron chi connectivity index (χ0n) is 25.1. The number of hydrogen-bond acceptors (Lipinski definition) is 6. The monoisotopic (exact) mass is 628 g/mol. The molecule has 6 aromatic carbocycles. The molecular weight excluding hydrogens is 600 g/mol. The van der Waals surface area contributed by atoms with Crippen LogP contribution in [0.15, 0.2) is 112 Å². The van der Waals surface area contributed by atoms with Gasteiger partial charge in [-0.15, -0.1) is 10.2 Å². The second kappa shape index (κ2) is 11.1. The average Bonchev–Trinajstić information content (AvgIpc) is 3.43. The standard InChI is InChI=1S/C36H28N4O5S/c1-20-17-24(45-3)13-16-30(20)38-36(41)28-18-23-12-15-27-26-8-4-5-9-31(26)37-35(27)33(23)34(21(28)2)40-39-32-10-6-7-22-11-14-25(19-29(22)32)46(42,43)44/h4-19,37H,1-3H3,(H,38,41)(H,42,43,44). The second-order valence-electron chi connectivity index (χ2n) is 11.1. The predicted octanol–water partition coefficient (Wildman–Crippen LogP) is 9.17. The molecule has 3 N–H and O–H groups in total. The smallest absolute Gasteiger partial charge is 0.294 e. The van der Waals surface area contributed by atoms with Crippen molar-refractivity contribution in [1.82, 2.24) is 4.98 Å². The number of anilines is 1. The zero-order valence-corrected chi connectivity index (χ0v) is 25.9. The van der Waals surface area contributed by atoms with Gasteiger partial charge in [0.05, 0.1) is 28.9 Å². The van der Waals surface area contributed by atoms with E-state index in [9.17, 15) is 17.8 Å². The molecule has 0 radical (unpaired) electrons. The summed E-state index contributed by atoms with van der Waals surface area (Å²) in [6.07, 6.45) is 0. The number of azo groups is 1. The van der Waals surface area contributed by atoms with E-state index in [0.717, 1.165) is 43.5 Å². The molecule has 0 aliphatic rings. The van der Waals surface area contributed by atoms with E-state index in [1.54, 1.807) is 37.4 Å². The average molecular weight is 629 g/mol. The van der Waals surface area contributed by atoms with Crippen molar-refractivity contribution in [3.05, 3.63) is 114 Å². The van der Waals surface area contributed by atoms with Crippen molar-refractivity contribution < 1.29 is 22.5 Å². The summed E-state index contributed by atoms with van der Waals surface area (Å²) in [5.74, 6) is 0.392. The Bertz CT molecular complexity index is 2520. The number of carbonyl (C=O) groups is 1. The highest BCUT2D eigenvalue weighted by molar-refractivity contribution is 7.85. The van der Waals surface area contributed by atoms with Gasteiger partial charge in [0, 0.05) is 38.3 Å². The molecule has 0 saturated heterocycles. The Morgan fingerprint density at radius 3 is 2.41 bits per heavy atom. The molecule has 46 heavy (non-hydrogen) atoms. The highest BCUT2D eigenvalue weighted by atomic mass is 32.2. The van der Waals surface area contributed by atoms with Gasteiger partial charge in [-0.05, 0) is 84.3 Å². The van der Waals surface area contributed by atoms with Crippen molar-refractivity contribution in [1.29, 1.82) is 0 Å². The normalized spacial score (nSPS) is 12.1. The van der Waals surface area contributed by atoms with Crippen molar-refractivity contribution in [2.75, 3.05) is 12.4 Å². The molecule has 10 heteroatoms. The van der Waals surface area contributed by atoms with Crippen LogP contribution in [0.5, 0.6) is 5.75 Å². The third-order valence-electron chi connectivity index (χ3n) is 8.32. The Morgan fingerprint density at radius 1 is 0.826 bits per heavy atom. The van der Waals surface area contributed by atoms with Crippen LogP contribution in [0, 0.1) is 13.8 Å². The van der Waals surface area contributed by atoms with Crippen LogP contribution in [-0.4, -0.2) is 31.0 Å². The number of hydrogen-bond donors (Lipinski definition) is 3. The van der Waals surface area contributed by atoms with E-state index in [2.05, 4.69) is 21.5 Å². The molecule has 0 spiro atoms. The van der Waals surface area contributed by atoms with Crippen LogP contribution in [0.2, 0.25) is 0 Å². The van der Waals surface area contributed by atoms with Gasteiger partial charge in [0.2, 0.25) is 0 Å². The number of aryl methyl sites for hydroxylation is 1. The Hall–Kier alpha value is -5.58. The first-order chi connectivity index (χ1) is 22.1. The molecule has 1 aromatic heterocycles. The summed E-state index contributed by atoms with van der Waals surface area (Å²) in [6, 6.07) is 29.0. The van der Waals surface area contributed by atoms with Gasteiger partial charge in [-0.2, -0.15) is 8.42 Å². The molecule has 0 saturated carbocycles. The number of H-pyrrole nitrogens is 1. The SMILES string of the molecule is COc1ccc(NC(=O)c2cc3ccc4c5ccccc5[nH]c4c3c(N=Nc3cccc4ccc(S(=O)(=O)O)cc34)c2C)c(C)c1. The van der Waals surface area contributed by atoms with Crippen LogP contribution in [0.1, 0.15) is 21.5 Å². The molecule has 0 bridgehead atoms. The number of ether oxygens (including phenoxy) is 1. The van der Waals surface area contributed by atoms with Crippen LogP contribution in [-0.2, 0) is 10.1 Å². The molecule has 9 nitrogen and oxygen atoms in total. The fourth-order valence-electron chi connectivity index (χ4n) is 5.93. The van der Waals surface area contributed by atoms with Crippen molar-refractivity contribution in [3.63, 3.8) is 0 Å². The van der Waals surface area contributed by atoms with Crippen LogP contribution in [0.25, 0.3) is 43.4 Å². The van der Waals surface area contributed by atoms with E-state index in [-0.39, 0.29) is 10.8 Å². The highest BCUT2D eigenvalue weighted by Crippen LogP contribution is 2.41. The largest absolute Gasteiger partial charge is 0.497 e. The maximum atomic E-state index is 13.8. The predicted molar refractivity (Wildman–Crippen MR) is 182 cm³/mol. The number of aromatic amines is 1. The number of para-hydroxylation sites is 1. The molecule has 0 atom stereocenters. The molecule has 0 unspecified atom stereocenters. The van der Waals surface area contributed by atoms with Gasteiger partial charge in [-0.1, -0.05) is 48.5 Å². The van der Waals surface area contributed by atoms with Crippen molar-refractivity contribution in [2.45, 2.75) is 18.7 Å². The number of nitrogens with one attached hydrogen (secondary N) is 2. The van der Waals surface area contributed by atoms with E-state index < -0.39 is 10.1 Å². The summed E-state index contributed by atoms with van der Waals surface area (Å²) in [4.78, 5) is 17.1. The minimum Gasteiger partial charge on any atom is -0.497 e.